The molecule has 1 N–H and O–H groups in total. The highest BCUT2D eigenvalue weighted by Crippen LogP contribution is 2.22. The SMILES string of the molecule is CCc1ccc(C2CCCCCN2)cc1. The van der Waals surface area contributed by atoms with Crippen LogP contribution in [0, 0.1) is 0 Å². The van der Waals surface area contributed by atoms with Crippen LogP contribution in [0.5, 0.6) is 0 Å². The molecule has 0 amide bonds. The van der Waals surface area contributed by atoms with Crippen LogP contribution in [0.3, 0.4) is 0 Å². The number of aryl methyl sites for hydroxylation is 1. The Bertz CT molecular complexity index is 281. The molecule has 0 aliphatic carbocycles. The maximum Gasteiger partial charge on any atom is 0.0320 e. The first-order valence-corrected chi connectivity index (χ1v) is 6.22. The molecular weight excluding hydrogens is 182 g/mol. The van der Waals surface area contributed by atoms with Gasteiger partial charge < -0.3 is 5.32 Å². The van der Waals surface area contributed by atoms with Gasteiger partial charge in [0.05, 0.1) is 0 Å². The van der Waals surface area contributed by atoms with Crippen LogP contribution in [-0.2, 0) is 6.42 Å². The third-order valence-electron chi connectivity index (χ3n) is 3.35. The Hall–Kier alpha value is -0.820. The summed E-state index contributed by atoms with van der Waals surface area (Å²) in [5.41, 5.74) is 2.90. The van der Waals surface area contributed by atoms with Crippen molar-refractivity contribution >= 4 is 0 Å². The minimum atomic E-state index is 0.596. The summed E-state index contributed by atoms with van der Waals surface area (Å²) in [4.78, 5) is 0. The molecule has 1 heterocycles. The predicted octanol–water partition coefficient (Wildman–Crippen LogP) is 3.45. The summed E-state index contributed by atoms with van der Waals surface area (Å²) in [7, 11) is 0. The van der Waals surface area contributed by atoms with E-state index in [-0.39, 0.29) is 0 Å². The van der Waals surface area contributed by atoms with Crippen LogP contribution in [0.2, 0.25) is 0 Å². The molecule has 0 aromatic heterocycles. The summed E-state index contributed by atoms with van der Waals surface area (Å²) in [5, 5.41) is 3.64. The molecular formula is C14H21N. The molecule has 1 fully saturated rings. The molecule has 1 saturated heterocycles. The molecule has 1 aromatic rings. The smallest absolute Gasteiger partial charge is 0.0320 e. The van der Waals surface area contributed by atoms with Gasteiger partial charge in [0.15, 0.2) is 0 Å². The highest BCUT2D eigenvalue weighted by atomic mass is 14.9. The first-order valence-electron chi connectivity index (χ1n) is 6.22. The Balaban J connectivity index is 2.06. The molecule has 0 bridgehead atoms. The second kappa shape index (κ2) is 5.32. The molecule has 15 heavy (non-hydrogen) atoms. The molecule has 1 aliphatic heterocycles. The van der Waals surface area contributed by atoms with E-state index in [0.717, 1.165) is 6.42 Å². The van der Waals surface area contributed by atoms with Crippen molar-refractivity contribution in [3.63, 3.8) is 0 Å². The van der Waals surface area contributed by atoms with Crippen LogP contribution >= 0.6 is 0 Å². The lowest BCUT2D eigenvalue weighted by Gasteiger charge is -2.16. The Kier molecular flexibility index (Phi) is 3.79. The van der Waals surface area contributed by atoms with Crippen molar-refractivity contribution in [3.05, 3.63) is 35.4 Å². The second-order valence-corrected chi connectivity index (χ2v) is 4.45. The van der Waals surface area contributed by atoms with Gasteiger partial charge in [0.2, 0.25) is 0 Å². The van der Waals surface area contributed by atoms with Crippen molar-refractivity contribution in [2.45, 2.75) is 45.1 Å². The van der Waals surface area contributed by atoms with Gasteiger partial charge >= 0.3 is 0 Å². The first-order chi connectivity index (χ1) is 7.40. The lowest BCUT2D eigenvalue weighted by molar-refractivity contribution is 0.534. The van der Waals surface area contributed by atoms with E-state index in [2.05, 4.69) is 36.5 Å². The zero-order valence-corrected chi connectivity index (χ0v) is 9.63. The standard InChI is InChI=1S/C14H21N/c1-2-12-7-9-13(10-8-12)14-6-4-3-5-11-15-14/h7-10,14-15H,2-6,11H2,1H3. The summed E-state index contributed by atoms with van der Waals surface area (Å²) < 4.78 is 0. The Morgan fingerprint density at radius 1 is 1.13 bits per heavy atom. The molecule has 1 heteroatoms. The normalized spacial score (nSPS) is 22.3. The quantitative estimate of drug-likeness (QED) is 0.776. The fraction of sp³-hybridized carbons (Fsp3) is 0.571. The Morgan fingerprint density at radius 2 is 1.93 bits per heavy atom. The van der Waals surface area contributed by atoms with Crippen LogP contribution in [0.4, 0.5) is 0 Å². The zero-order chi connectivity index (χ0) is 10.5. The molecule has 0 spiro atoms. The van der Waals surface area contributed by atoms with E-state index in [1.807, 2.05) is 0 Å². The lowest BCUT2D eigenvalue weighted by Crippen LogP contribution is -2.20. The molecule has 1 aromatic carbocycles. The number of hydrogen-bond donors (Lipinski definition) is 1. The fourth-order valence-electron chi connectivity index (χ4n) is 2.30. The van der Waals surface area contributed by atoms with Crippen molar-refractivity contribution < 1.29 is 0 Å². The van der Waals surface area contributed by atoms with Gasteiger partial charge in [-0.05, 0) is 36.9 Å². The van der Waals surface area contributed by atoms with Gasteiger partial charge in [-0.15, -0.1) is 0 Å². The van der Waals surface area contributed by atoms with Crippen LogP contribution in [-0.4, -0.2) is 6.54 Å². The van der Waals surface area contributed by atoms with E-state index in [1.54, 1.807) is 0 Å². The number of hydrogen-bond acceptors (Lipinski definition) is 1. The van der Waals surface area contributed by atoms with Gasteiger partial charge in [-0.1, -0.05) is 44.0 Å². The summed E-state index contributed by atoms with van der Waals surface area (Å²) in [6.45, 7) is 3.39. The Morgan fingerprint density at radius 3 is 2.67 bits per heavy atom. The van der Waals surface area contributed by atoms with Gasteiger partial charge in [0, 0.05) is 6.04 Å². The third-order valence-corrected chi connectivity index (χ3v) is 3.35. The largest absolute Gasteiger partial charge is 0.310 e. The molecule has 0 saturated carbocycles. The minimum absolute atomic E-state index is 0.596. The van der Waals surface area contributed by atoms with Crippen molar-refractivity contribution in [2.24, 2.45) is 0 Å². The van der Waals surface area contributed by atoms with Crippen molar-refractivity contribution in [1.82, 2.24) is 5.32 Å². The maximum atomic E-state index is 3.64. The van der Waals surface area contributed by atoms with Gasteiger partial charge in [-0.3, -0.25) is 0 Å². The van der Waals surface area contributed by atoms with Crippen molar-refractivity contribution in [2.75, 3.05) is 6.54 Å². The summed E-state index contributed by atoms with van der Waals surface area (Å²) in [6.07, 6.45) is 6.52. The van der Waals surface area contributed by atoms with Gasteiger partial charge in [-0.2, -0.15) is 0 Å². The molecule has 1 aliphatic rings. The number of rotatable bonds is 2. The number of benzene rings is 1. The van der Waals surface area contributed by atoms with Gasteiger partial charge in [-0.25, -0.2) is 0 Å². The zero-order valence-electron chi connectivity index (χ0n) is 9.63. The molecule has 1 unspecified atom stereocenters. The van der Waals surface area contributed by atoms with E-state index in [0.29, 0.717) is 6.04 Å². The summed E-state index contributed by atoms with van der Waals surface area (Å²) >= 11 is 0. The van der Waals surface area contributed by atoms with Crippen LogP contribution in [0.25, 0.3) is 0 Å². The molecule has 1 atom stereocenters. The molecule has 0 radical (unpaired) electrons. The maximum absolute atomic E-state index is 3.64. The molecule has 1 nitrogen and oxygen atoms in total. The van der Waals surface area contributed by atoms with E-state index in [1.165, 1.54) is 43.4 Å². The van der Waals surface area contributed by atoms with Crippen LogP contribution in [0.15, 0.2) is 24.3 Å². The van der Waals surface area contributed by atoms with Gasteiger partial charge in [0.1, 0.15) is 0 Å². The van der Waals surface area contributed by atoms with E-state index in [9.17, 15) is 0 Å². The molecule has 2 rings (SSSR count). The number of nitrogens with one attached hydrogen (secondary N) is 1. The highest BCUT2D eigenvalue weighted by molar-refractivity contribution is 5.25. The van der Waals surface area contributed by atoms with E-state index in [4.69, 9.17) is 0 Å². The van der Waals surface area contributed by atoms with Crippen molar-refractivity contribution in [3.8, 4) is 0 Å². The van der Waals surface area contributed by atoms with Crippen LogP contribution in [0.1, 0.15) is 49.8 Å². The predicted molar refractivity (Wildman–Crippen MR) is 65.0 cm³/mol. The summed E-state index contributed by atoms with van der Waals surface area (Å²) in [6, 6.07) is 9.71. The topological polar surface area (TPSA) is 12.0 Å². The van der Waals surface area contributed by atoms with Crippen LogP contribution < -0.4 is 5.32 Å². The minimum Gasteiger partial charge on any atom is -0.310 e. The Labute approximate surface area is 92.9 Å². The summed E-state index contributed by atoms with van der Waals surface area (Å²) in [5.74, 6) is 0. The average molecular weight is 203 g/mol. The monoisotopic (exact) mass is 203 g/mol. The highest BCUT2D eigenvalue weighted by Gasteiger charge is 2.12. The second-order valence-electron chi connectivity index (χ2n) is 4.45. The average Bonchev–Trinajstić information content (AvgIpc) is 2.58. The van der Waals surface area contributed by atoms with Crippen molar-refractivity contribution in [1.29, 1.82) is 0 Å². The van der Waals surface area contributed by atoms with E-state index >= 15 is 0 Å². The third kappa shape index (κ3) is 2.82. The first kappa shape index (κ1) is 10.7. The lowest BCUT2D eigenvalue weighted by atomic mass is 10.0. The fourth-order valence-corrected chi connectivity index (χ4v) is 2.30. The van der Waals surface area contributed by atoms with E-state index < -0.39 is 0 Å². The molecule has 82 valence electrons. The van der Waals surface area contributed by atoms with Gasteiger partial charge in [0.25, 0.3) is 0 Å².